The topological polar surface area (TPSA) is 71.0 Å². The zero-order chi connectivity index (χ0) is 21.2. The molecule has 1 aromatic heterocycles. The lowest BCUT2D eigenvalue weighted by molar-refractivity contribution is 0.245. The Hall–Kier alpha value is -2.80. The molecule has 1 aromatic carbocycles. The summed E-state index contributed by atoms with van der Waals surface area (Å²) >= 11 is 0. The van der Waals surface area contributed by atoms with Gasteiger partial charge >= 0.3 is 0 Å². The van der Waals surface area contributed by atoms with Crippen LogP contribution in [0.4, 0.5) is 0 Å². The average molecular weight is 412 g/mol. The molecule has 0 amide bonds. The number of hydrogen-bond acceptors (Lipinski definition) is 5. The number of rotatable bonds is 9. The highest BCUT2D eigenvalue weighted by Crippen LogP contribution is 2.27. The molecule has 0 spiro atoms. The molecule has 0 radical (unpaired) electrons. The Balaban J connectivity index is 1.71. The third-order valence-electron chi connectivity index (χ3n) is 5.30. The second-order valence-electron chi connectivity index (χ2n) is 7.32. The number of methoxy groups -OCH3 is 2. The summed E-state index contributed by atoms with van der Waals surface area (Å²) in [5.41, 5.74) is 2.32. The predicted molar refractivity (Wildman–Crippen MR) is 120 cm³/mol. The Morgan fingerprint density at radius 3 is 2.70 bits per heavy atom. The third kappa shape index (κ3) is 6.10. The zero-order valence-corrected chi connectivity index (χ0v) is 18.2. The number of likely N-dealkylation sites (tertiary alicyclic amines) is 1. The minimum absolute atomic E-state index is 0.271. The summed E-state index contributed by atoms with van der Waals surface area (Å²) in [4.78, 5) is 11.4. The lowest BCUT2D eigenvalue weighted by atomic mass is 10.1. The van der Waals surface area contributed by atoms with Gasteiger partial charge in [0.1, 0.15) is 5.75 Å². The van der Waals surface area contributed by atoms with E-state index in [1.165, 1.54) is 18.4 Å². The number of pyridine rings is 1. The summed E-state index contributed by atoms with van der Waals surface area (Å²) < 4.78 is 10.7. The number of hydrogen-bond donors (Lipinski definition) is 2. The van der Waals surface area contributed by atoms with Crippen LogP contribution in [0.25, 0.3) is 0 Å². The fourth-order valence-corrected chi connectivity index (χ4v) is 3.73. The van der Waals surface area contributed by atoms with Crippen LogP contribution in [0.15, 0.2) is 47.6 Å². The van der Waals surface area contributed by atoms with Crippen LogP contribution in [0.3, 0.4) is 0 Å². The molecule has 0 aliphatic carbocycles. The number of nitrogens with zero attached hydrogens (tertiary/aromatic N) is 3. The molecule has 30 heavy (non-hydrogen) atoms. The molecule has 162 valence electrons. The standard InChI is InChI=1S/C23H33N5O2/c1-4-24-23(26-16-18-10-11-25-22(14-18)30-3)27-17-21(28-12-5-6-13-28)19-8-7-9-20(15-19)29-2/h7-11,14-15,21H,4-6,12-13,16-17H2,1-3H3,(H2,24,26,27). The molecule has 1 unspecified atom stereocenters. The quantitative estimate of drug-likeness (QED) is 0.488. The summed E-state index contributed by atoms with van der Waals surface area (Å²) in [6, 6.07) is 12.5. The van der Waals surface area contributed by atoms with Gasteiger partial charge in [-0.05, 0) is 62.2 Å². The first-order valence-corrected chi connectivity index (χ1v) is 10.6. The van der Waals surface area contributed by atoms with Crippen LogP contribution in [0.2, 0.25) is 0 Å². The number of aliphatic imine (C=N–C) groups is 1. The van der Waals surface area contributed by atoms with Gasteiger partial charge in [-0.1, -0.05) is 12.1 Å². The van der Waals surface area contributed by atoms with Crippen molar-refractivity contribution in [3.8, 4) is 11.6 Å². The van der Waals surface area contributed by atoms with Crippen molar-refractivity contribution in [3.63, 3.8) is 0 Å². The minimum atomic E-state index is 0.271. The number of ether oxygens (including phenoxy) is 2. The van der Waals surface area contributed by atoms with Gasteiger partial charge in [0.05, 0.1) is 26.8 Å². The molecule has 0 saturated carbocycles. The smallest absolute Gasteiger partial charge is 0.213 e. The molecule has 7 heteroatoms. The number of guanidine groups is 1. The van der Waals surface area contributed by atoms with E-state index in [-0.39, 0.29) is 6.04 Å². The van der Waals surface area contributed by atoms with Gasteiger partial charge in [-0.3, -0.25) is 4.90 Å². The average Bonchev–Trinajstić information content (AvgIpc) is 3.32. The van der Waals surface area contributed by atoms with Crippen LogP contribution in [0, 0.1) is 0 Å². The van der Waals surface area contributed by atoms with Gasteiger partial charge < -0.3 is 20.1 Å². The predicted octanol–water partition coefficient (Wildman–Crippen LogP) is 2.99. The van der Waals surface area contributed by atoms with E-state index in [0.29, 0.717) is 12.4 Å². The highest BCUT2D eigenvalue weighted by Gasteiger charge is 2.24. The maximum Gasteiger partial charge on any atom is 0.213 e. The van der Waals surface area contributed by atoms with Gasteiger partial charge in [0.15, 0.2) is 5.96 Å². The van der Waals surface area contributed by atoms with Crippen LogP contribution < -0.4 is 20.1 Å². The van der Waals surface area contributed by atoms with E-state index in [2.05, 4.69) is 45.6 Å². The molecule has 1 saturated heterocycles. The van der Waals surface area contributed by atoms with E-state index >= 15 is 0 Å². The fourth-order valence-electron chi connectivity index (χ4n) is 3.73. The van der Waals surface area contributed by atoms with E-state index < -0.39 is 0 Å². The van der Waals surface area contributed by atoms with E-state index in [1.807, 2.05) is 18.2 Å². The monoisotopic (exact) mass is 411 g/mol. The largest absolute Gasteiger partial charge is 0.497 e. The summed E-state index contributed by atoms with van der Waals surface area (Å²) in [7, 11) is 3.34. The van der Waals surface area contributed by atoms with Gasteiger partial charge in [-0.2, -0.15) is 0 Å². The van der Waals surface area contributed by atoms with Crippen LogP contribution in [-0.2, 0) is 6.54 Å². The van der Waals surface area contributed by atoms with Crippen molar-refractivity contribution >= 4 is 5.96 Å². The van der Waals surface area contributed by atoms with Gasteiger partial charge in [0, 0.05) is 25.4 Å². The van der Waals surface area contributed by atoms with Gasteiger partial charge in [0.2, 0.25) is 5.88 Å². The lowest BCUT2D eigenvalue weighted by Gasteiger charge is -2.29. The molecule has 1 fully saturated rings. The van der Waals surface area contributed by atoms with Crippen molar-refractivity contribution in [3.05, 3.63) is 53.7 Å². The molecule has 2 aromatic rings. The fraction of sp³-hybridized carbons (Fsp3) is 0.478. The highest BCUT2D eigenvalue weighted by atomic mass is 16.5. The second-order valence-corrected chi connectivity index (χ2v) is 7.32. The second kappa shape index (κ2) is 11.4. The summed E-state index contributed by atoms with van der Waals surface area (Å²) in [6.45, 7) is 6.45. The zero-order valence-electron chi connectivity index (χ0n) is 18.2. The minimum Gasteiger partial charge on any atom is -0.497 e. The maximum atomic E-state index is 5.45. The number of benzene rings is 1. The van der Waals surface area contributed by atoms with E-state index in [4.69, 9.17) is 14.5 Å². The SMILES string of the molecule is CCNC(=NCc1ccnc(OC)c1)NCC(c1cccc(OC)c1)N1CCCC1. The molecule has 1 aliphatic rings. The van der Waals surface area contributed by atoms with Crippen molar-refractivity contribution in [2.75, 3.05) is 40.4 Å². The van der Waals surface area contributed by atoms with Crippen molar-refractivity contribution < 1.29 is 9.47 Å². The van der Waals surface area contributed by atoms with Crippen molar-refractivity contribution in [2.24, 2.45) is 4.99 Å². The Morgan fingerprint density at radius 2 is 1.97 bits per heavy atom. The Kier molecular flexibility index (Phi) is 8.32. The molecule has 1 atom stereocenters. The van der Waals surface area contributed by atoms with E-state index in [0.717, 1.165) is 43.5 Å². The van der Waals surface area contributed by atoms with Crippen LogP contribution in [0.1, 0.15) is 36.9 Å². The Morgan fingerprint density at radius 1 is 1.13 bits per heavy atom. The lowest BCUT2D eigenvalue weighted by Crippen LogP contribution is -2.42. The Labute approximate surface area is 179 Å². The van der Waals surface area contributed by atoms with E-state index in [1.54, 1.807) is 20.4 Å². The summed E-state index contributed by atoms with van der Waals surface area (Å²) in [6.07, 6.45) is 4.24. The third-order valence-corrected chi connectivity index (χ3v) is 5.30. The molecular weight excluding hydrogens is 378 g/mol. The molecular formula is C23H33N5O2. The maximum absolute atomic E-state index is 5.45. The molecule has 2 N–H and O–H groups in total. The first-order chi connectivity index (χ1) is 14.7. The molecule has 1 aliphatic heterocycles. The first kappa shape index (κ1) is 21.9. The molecule has 2 heterocycles. The number of nitrogens with one attached hydrogen (secondary N) is 2. The highest BCUT2D eigenvalue weighted by molar-refractivity contribution is 5.79. The van der Waals surface area contributed by atoms with Crippen molar-refractivity contribution in [1.29, 1.82) is 0 Å². The molecule has 0 bridgehead atoms. The number of aromatic nitrogens is 1. The first-order valence-electron chi connectivity index (χ1n) is 10.6. The molecule has 7 nitrogen and oxygen atoms in total. The van der Waals surface area contributed by atoms with Gasteiger partial charge in [-0.15, -0.1) is 0 Å². The van der Waals surface area contributed by atoms with Crippen LogP contribution in [-0.4, -0.2) is 56.2 Å². The van der Waals surface area contributed by atoms with Gasteiger partial charge in [-0.25, -0.2) is 9.98 Å². The summed E-state index contributed by atoms with van der Waals surface area (Å²) in [5.74, 6) is 2.30. The normalized spacial score (nSPS) is 15.6. The van der Waals surface area contributed by atoms with Gasteiger partial charge in [0.25, 0.3) is 0 Å². The van der Waals surface area contributed by atoms with Crippen molar-refractivity contribution in [2.45, 2.75) is 32.4 Å². The van der Waals surface area contributed by atoms with Crippen LogP contribution >= 0.6 is 0 Å². The summed E-state index contributed by atoms with van der Waals surface area (Å²) in [5, 5.41) is 6.89. The van der Waals surface area contributed by atoms with E-state index in [9.17, 15) is 0 Å². The Bertz CT molecular complexity index is 821. The van der Waals surface area contributed by atoms with Crippen LogP contribution in [0.5, 0.6) is 11.6 Å². The molecule has 3 rings (SSSR count). The van der Waals surface area contributed by atoms with Crippen molar-refractivity contribution in [1.82, 2.24) is 20.5 Å².